The van der Waals surface area contributed by atoms with E-state index in [0.717, 1.165) is 22.3 Å². The van der Waals surface area contributed by atoms with Crippen LogP contribution in [0.2, 0.25) is 0 Å². The number of carbonyl (C=O) groups excluding carboxylic acids is 2. The van der Waals surface area contributed by atoms with Gasteiger partial charge in [-0.3, -0.25) is 4.79 Å². The SMILES string of the molecule is CC(=O)O[C@H]1[C@H](OCc2ccccc2)[C@H](O[C@@H]2O[C@H](COCc3ccccc3)[C@@H](O)[C@H](OCc3ccccc3)[C@H]2NC(=O)OCC(Cl)(Cl)Cl)[C@@H](O)O[C@@H]1COCc1ccccc1. The topological polar surface area (TPSA) is 170 Å². The van der Waals surface area contributed by atoms with E-state index in [0.29, 0.717) is 0 Å². The Morgan fingerprint density at radius 3 is 1.58 bits per heavy atom. The lowest BCUT2D eigenvalue weighted by molar-refractivity contribution is -0.356. The minimum atomic E-state index is -1.94. The first-order valence-electron chi connectivity index (χ1n) is 20.0. The number of rotatable bonds is 19. The number of carbonyl (C=O) groups is 2. The van der Waals surface area contributed by atoms with Crippen molar-refractivity contribution in [1.29, 1.82) is 0 Å². The van der Waals surface area contributed by atoms with Crippen LogP contribution in [0.1, 0.15) is 29.2 Å². The second-order valence-corrected chi connectivity index (χ2v) is 17.2. The largest absolute Gasteiger partial charge is 0.457 e. The Labute approximate surface area is 375 Å². The van der Waals surface area contributed by atoms with Gasteiger partial charge in [0.05, 0.1) is 39.6 Å². The lowest BCUT2D eigenvalue weighted by atomic mass is 9.95. The van der Waals surface area contributed by atoms with E-state index in [1.54, 1.807) is 0 Å². The van der Waals surface area contributed by atoms with Crippen molar-refractivity contribution >= 4 is 46.9 Å². The second-order valence-electron chi connectivity index (χ2n) is 14.7. The van der Waals surface area contributed by atoms with Crippen LogP contribution < -0.4 is 5.32 Å². The van der Waals surface area contributed by atoms with Crippen LogP contribution in [-0.4, -0.2) is 107 Å². The van der Waals surface area contributed by atoms with Gasteiger partial charge < -0.3 is 58.2 Å². The van der Waals surface area contributed by atoms with Crippen LogP contribution in [0.5, 0.6) is 0 Å². The number of alkyl halides is 3. The summed E-state index contributed by atoms with van der Waals surface area (Å²) in [5, 5.41) is 26.4. The normalized spacial score (nSPS) is 26.4. The minimum absolute atomic E-state index is 0.00147. The number of aliphatic hydroxyl groups is 2. The maximum Gasteiger partial charge on any atom is 0.407 e. The minimum Gasteiger partial charge on any atom is -0.457 e. The Hall–Kier alpha value is -3.87. The van der Waals surface area contributed by atoms with Gasteiger partial charge in [0.1, 0.15) is 49.3 Å². The molecule has 4 aromatic rings. The summed E-state index contributed by atoms with van der Waals surface area (Å²) in [4.78, 5) is 26.1. The second kappa shape index (κ2) is 23.7. The number of halogens is 3. The number of amides is 1. The Balaban J connectivity index is 1.32. The molecule has 1 amide bonds. The Bertz CT molecular complexity index is 1930. The summed E-state index contributed by atoms with van der Waals surface area (Å²) in [7, 11) is 0. The summed E-state index contributed by atoms with van der Waals surface area (Å²) < 4.78 is 53.1. The average Bonchev–Trinajstić information content (AvgIpc) is 3.26. The molecule has 14 nitrogen and oxygen atoms in total. The van der Waals surface area contributed by atoms with E-state index < -0.39 is 83.8 Å². The van der Waals surface area contributed by atoms with Crippen molar-refractivity contribution in [2.24, 2.45) is 0 Å². The van der Waals surface area contributed by atoms with Crippen molar-refractivity contribution in [2.75, 3.05) is 19.8 Å². The molecule has 0 bridgehead atoms. The maximum absolute atomic E-state index is 13.4. The molecular weight excluding hydrogens is 869 g/mol. The predicted octanol–water partition coefficient (Wildman–Crippen LogP) is 6.18. The molecule has 0 saturated carbocycles. The van der Waals surface area contributed by atoms with E-state index in [2.05, 4.69) is 5.32 Å². The van der Waals surface area contributed by atoms with Gasteiger partial charge in [0.15, 0.2) is 18.7 Å². The van der Waals surface area contributed by atoms with Crippen LogP contribution in [0.4, 0.5) is 4.79 Å². The summed E-state index contributed by atoms with van der Waals surface area (Å²) in [6, 6.07) is 35.8. The summed E-state index contributed by atoms with van der Waals surface area (Å²) in [6.07, 6.45) is -13.1. The van der Waals surface area contributed by atoms with E-state index in [4.69, 9.17) is 77.4 Å². The van der Waals surface area contributed by atoms with Crippen LogP contribution in [0, 0.1) is 0 Å². The van der Waals surface area contributed by atoms with E-state index in [9.17, 15) is 19.8 Å². The molecule has 0 unspecified atom stereocenters. The lowest BCUT2D eigenvalue weighted by Crippen LogP contribution is -2.68. The monoisotopic (exact) mass is 917 g/mol. The van der Waals surface area contributed by atoms with Crippen LogP contribution in [0.3, 0.4) is 0 Å². The molecule has 6 rings (SSSR count). The number of ether oxygens (including phenoxy) is 9. The van der Waals surface area contributed by atoms with Crippen molar-refractivity contribution in [3.63, 3.8) is 0 Å². The van der Waals surface area contributed by atoms with E-state index in [1.165, 1.54) is 6.92 Å². The number of hydrogen-bond donors (Lipinski definition) is 3. The fourth-order valence-corrected chi connectivity index (χ4v) is 7.13. The summed E-state index contributed by atoms with van der Waals surface area (Å²) in [5.41, 5.74) is 3.29. The fourth-order valence-electron chi connectivity index (χ4n) is 6.97. The third-order valence-corrected chi connectivity index (χ3v) is 10.2. The maximum atomic E-state index is 13.4. The van der Waals surface area contributed by atoms with E-state index >= 15 is 0 Å². The zero-order chi connectivity index (χ0) is 43.9. The molecule has 2 fully saturated rings. The number of aliphatic hydroxyl groups excluding tert-OH is 2. The van der Waals surface area contributed by atoms with Gasteiger partial charge in [-0.1, -0.05) is 156 Å². The Morgan fingerprint density at radius 1 is 0.629 bits per heavy atom. The quantitative estimate of drug-likeness (QED) is 0.0722. The third kappa shape index (κ3) is 14.6. The zero-order valence-corrected chi connectivity index (χ0v) is 36.1. The standard InChI is InChI=1S/C45H50Cl3NO13/c1-29(50)59-38-35(27-55-23-31-16-8-3-9-17-31)60-42(52)41(40(38)57-25-33-20-12-5-13-21-33)62-43-36(49-44(53)58-28-45(46,47)48)39(56-24-32-18-10-4-11-19-32)37(51)34(61-43)26-54-22-30-14-6-2-7-15-30/h2-21,34-43,51-52H,22-28H2,1H3,(H,49,53)/t34-,35-,36-,37-,38-,39-,40+,41+,42+,43+/m1/s1. The fraction of sp³-hybridized carbons (Fsp3) is 0.422. The molecule has 3 N–H and O–H groups in total. The van der Waals surface area contributed by atoms with Crippen molar-refractivity contribution in [2.45, 2.75) is 98.5 Å². The number of hydrogen-bond acceptors (Lipinski definition) is 13. The first kappa shape index (κ1) is 47.6. The van der Waals surface area contributed by atoms with Gasteiger partial charge in [0.2, 0.25) is 3.79 Å². The number of nitrogens with one attached hydrogen (secondary N) is 1. The van der Waals surface area contributed by atoms with Crippen molar-refractivity contribution in [3.05, 3.63) is 144 Å². The Morgan fingerprint density at radius 2 is 1.10 bits per heavy atom. The van der Waals surface area contributed by atoms with Gasteiger partial charge in [-0.25, -0.2) is 4.79 Å². The predicted molar refractivity (Wildman–Crippen MR) is 227 cm³/mol. The third-order valence-electron chi connectivity index (χ3n) is 9.89. The lowest BCUT2D eigenvalue weighted by Gasteiger charge is -2.48. The summed E-state index contributed by atoms with van der Waals surface area (Å²) in [5.74, 6) is -0.659. The Kier molecular flexibility index (Phi) is 18.2. The van der Waals surface area contributed by atoms with E-state index in [-0.39, 0.29) is 39.6 Å². The van der Waals surface area contributed by atoms with E-state index in [1.807, 2.05) is 121 Å². The molecular formula is C45H50Cl3NO13. The number of benzene rings is 4. The molecule has 4 aromatic carbocycles. The van der Waals surface area contributed by atoms with Gasteiger partial charge >= 0.3 is 12.1 Å². The zero-order valence-electron chi connectivity index (χ0n) is 33.8. The van der Waals surface area contributed by atoms with Crippen LogP contribution in [-0.2, 0) is 73.9 Å². The molecule has 2 heterocycles. The summed E-state index contributed by atoms with van der Waals surface area (Å²) >= 11 is 17.7. The highest BCUT2D eigenvalue weighted by molar-refractivity contribution is 6.67. The van der Waals surface area contributed by atoms with Gasteiger partial charge in [0, 0.05) is 6.92 Å². The molecule has 62 heavy (non-hydrogen) atoms. The number of alkyl carbamates (subject to hydrolysis) is 1. The van der Waals surface area contributed by atoms with Crippen LogP contribution in [0.15, 0.2) is 121 Å². The van der Waals surface area contributed by atoms with Crippen molar-refractivity contribution in [3.8, 4) is 0 Å². The highest BCUT2D eigenvalue weighted by Gasteiger charge is 2.54. The molecule has 17 heteroatoms. The molecule has 2 saturated heterocycles. The molecule has 334 valence electrons. The van der Waals surface area contributed by atoms with Gasteiger partial charge in [0.25, 0.3) is 0 Å². The van der Waals surface area contributed by atoms with Gasteiger partial charge in [-0.05, 0) is 22.3 Å². The van der Waals surface area contributed by atoms with Crippen LogP contribution in [0.25, 0.3) is 0 Å². The first-order chi connectivity index (χ1) is 29.9. The van der Waals surface area contributed by atoms with Crippen molar-refractivity contribution in [1.82, 2.24) is 5.32 Å². The average molecular weight is 919 g/mol. The van der Waals surface area contributed by atoms with Gasteiger partial charge in [-0.2, -0.15) is 0 Å². The highest BCUT2D eigenvalue weighted by Crippen LogP contribution is 2.34. The smallest absolute Gasteiger partial charge is 0.407 e. The van der Waals surface area contributed by atoms with Crippen LogP contribution >= 0.6 is 34.8 Å². The van der Waals surface area contributed by atoms with Gasteiger partial charge in [-0.15, -0.1) is 0 Å². The molecule has 0 aliphatic carbocycles. The summed E-state index contributed by atoms with van der Waals surface area (Å²) in [6.45, 7) is 0.731. The highest BCUT2D eigenvalue weighted by atomic mass is 35.6. The number of esters is 1. The van der Waals surface area contributed by atoms with Crippen molar-refractivity contribution < 1.29 is 62.4 Å². The molecule has 10 atom stereocenters. The molecule has 2 aliphatic heterocycles. The molecule has 0 aromatic heterocycles. The molecule has 0 spiro atoms. The first-order valence-corrected chi connectivity index (χ1v) is 21.1. The molecule has 2 aliphatic rings. The molecule has 0 radical (unpaired) electrons.